The second-order valence-corrected chi connectivity index (χ2v) is 7.91. The maximum atomic E-state index is 12.9. The lowest BCUT2D eigenvalue weighted by Crippen LogP contribution is -2.34. The van der Waals surface area contributed by atoms with E-state index in [1.54, 1.807) is 12.4 Å². The van der Waals surface area contributed by atoms with Gasteiger partial charge in [-0.1, -0.05) is 19.9 Å². The van der Waals surface area contributed by atoms with Crippen LogP contribution in [0.1, 0.15) is 49.2 Å². The monoisotopic (exact) mass is 443 g/mol. The zero-order valence-corrected chi connectivity index (χ0v) is 18.7. The van der Waals surface area contributed by atoms with Crippen molar-refractivity contribution in [1.82, 2.24) is 25.4 Å². The Morgan fingerprint density at radius 3 is 2.62 bits per heavy atom. The lowest BCUT2D eigenvalue weighted by molar-refractivity contribution is 0.0931. The van der Waals surface area contributed by atoms with Crippen molar-refractivity contribution in [3.8, 4) is 11.1 Å². The molecule has 0 radical (unpaired) electrons. The Kier molecular flexibility index (Phi) is 8.67. The van der Waals surface area contributed by atoms with Crippen LogP contribution < -0.4 is 5.32 Å². The molecule has 0 aliphatic heterocycles. The third kappa shape index (κ3) is 5.88. The van der Waals surface area contributed by atoms with Gasteiger partial charge in [0.05, 0.1) is 12.2 Å². The number of hydrogen-bond acceptors (Lipinski definition) is 4. The van der Waals surface area contributed by atoms with Gasteiger partial charge in [0.1, 0.15) is 6.67 Å². The lowest BCUT2D eigenvalue weighted by Gasteiger charge is -2.20. The molecular weight excluding hydrogens is 412 g/mol. The van der Waals surface area contributed by atoms with Crippen LogP contribution >= 0.6 is 0 Å². The third-order valence-electron chi connectivity index (χ3n) is 5.64. The van der Waals surface area contributed by atoms with E-state index in [9.17, 15) is 13.6 Å². The molecule has 0 spiro atoms. The number of carbonyl (C=O) groups excluding carboxylic acids is 1. The second-order valence-electron chi connectivity index (χ2n) is 7.91. The Bertz CT molecular complexity index is 1020. The molecule has 1 aromatic carbocycles. The van der Waals surface area contributed by atoms with Gasteiger partial charge in [-0.25, -0.2) is 4.39 Å². The fourth-order valence-corrected chi connectivity index (χ4v) is 3.78. The van der Waals surface area contributed by atoms with E-state index in [0.29, 0.717) is 25.2 Å². The summed E-state index contributed by atoms with van der Waals surface area (Å²) in [5.41, 5.74) is 3.88. The SMILES string of the molecule is CCC(CC)NC(=O)c1n[nH]c2ccc(-c3cncc(CN(CCF)CCCF)c3)cc12. The number of halogens is 2. The van der Waals surface area contributed by atoms with Crippen LogP contribution in [0.4, 0.5) is 8.78 Å². The van der Waals surface area contributed by atoms with Gasteiger partial charge in [0.2, 0.25) is 0 Å². The van der Waals surface area contributed by atoms with Crippen LogP contribution in [0.25, 0.3) is 22.0 Å². The number of fused-ring (bicyclic) bond motifs is 1. The summed E-state index contributed by atoms with van der Waals surface area (Å²) in [6, 6.07) is 7.90. The van der Waals surface area contributed by atoms with Crippen LogP contribution in [0.15, 0.2) is 36.7 Å². The van der Waals surface area contributed by atoms with Crippen molar-refractivity contribution < 1.29 is 13.6 Å². The van der Waals surface area contributed by atoms with Crippen LogP contribution in [0.5, 0.6) is 0 Å². The van der Waals surface area contributed by atoms with Gasteiger partial charge >= 0.3 is 0 Å². The number of nitrogens with zero attached hydrogens (tertiary/aromatic N) is 3. The zero-order valence-electron chi connectivity index (χ0n) is 18.7. The Morgan fingerprint density at radius 1 is 1.09 bits per heavy atom. The highest BCUT2D eigenvalue weighted by Gasteiger charge is 2.17. The summed E-state index contributed by atoms with van der Waals surface area (Å²) in [5.74, 6) is -0.191. The molecule has 8 heteroatoms. The van der Waals surface area contributed by atoms with Gasteiger partial charge in [-0.15, -0.1) is 0 Å². The molecule has 1 amide bonds. The molecule has 0 saturated heterocycles. The van der Waals surface area contributed by atoms with Crippen molar-refractivity contribution >= 4 is 16.8 Å². The minimum absolute atomic E-state index is 0.114. The van der Waals surface area contributed by atoms with Gasteiger partial charge in [0.25, 0.3) is 5.91 Å². The van der Waals surface area contributed by atoms with E-state index in [-0.39, 0.29) is 18.5 Å². The van der Waals surface area contributed by atoms with Gasteiger partial charge in [-0.05, 0) is 48.6 Å². The first kappa shape index (κ1) is 23.8. The second kappa shape index (κ2) is 11.7. The number of hydrogen-bond donors (Lipinski definition) is 2. The number of rotatable bonds is 12. The van der Waals surface area contributed by atoms with Gasteiger partial charge < -0.3 is 5.32 Å². The molecule has 172 valence electrons. The van der Waals surface area contributed by atoms with Gasteiger partial charge in [-0.2, -0.15) is 5.10 Å². The maximum Gasteiger partial charge on any atom is 0.272 e. The molecule has 2 N–H and O–H groups in total. The first-order valence-corrected chi connectivity index (χ1v) is 11.2. The van der Waals surface area contributed by atoms with Crippen molar-refractivity contribution in [2.75, 3.05) is 26.4 Å². The number of nitrogens with one attached hydrogen (secondary N) is 2. The summed E-state index contributed by atoms with van der Waals surface area (Å²) >= 11 is 0. The molecule has 3 rings (SSSR count). The number of aromatic amines is 1. The summed E-state index contributed by atoms with van der Waals surface area (Å²) in [6.45, 7) is 4.46. The van der Waals surface area contributed by atoms with Crippen molar-refractivity contribution in [1.29, 1.82) is 0 Å². The van der Waals surface area contributed by atoms with E-state index in [1.165, 1.54) is 0 Å². The normalized spacial score (nSPS) is 11.6. The molecule has 2 aromatic heterocycles. The fraction of sp³-hybridized carbons (Fsp3) is 0.458. The molecule has 6 nitrogen and oxygen atoms in total. The largest absolute Gasteiger partial charge is 0.348 e. The number of pyridine rings is 1. The summed E-state index contributed by atoms with van der Waals surface area (Å²) in [7, 11) is 0. The van der Waals surface area contributed by atoms with Gasteiger partial charge in [0, 0.05) is 49.0 Å². The quantitative estimate of drug-likeness (QED) is 0.426. The van der Waals surface area contributed by atoms with Crippen LogP contribution in [-0.4, -0.2) is 58.5 Å². The first-order chi connectivity index (χ1) is 15.6. The predicted molar refractivity (Wildman–Crippen MR) is 123 cm³/mol. The van der Waals surface area contributed by atoms with E-state index in [1.807, 2.05) is 43.0 Å². The molecule has 0 aliphatic rings. The number of amides is 1. The molecule has 2 heterocycles. The molecule has 3 aromatic rings. The number of H-pyrrole nitrogens is 1. The first-order valence-electron chi connectivity index (χ1n) is 11.2. The average Bonchev–Trinajstić information content (AvgIpc) is 3.24. The molecule has 0 unspecified atom stereocenters. The van der Waals surface area contributed by atoms with Crippen molar-refractivity contribution in [2.45, 2.75) is 45.7 Å². The van der Waals surface area contributed by atoms with E-state index in [2.05, 4.69) is 20.5 Å². The van der Waals surface area contributed by atoms with E-state index in [4.69, 9.17) is 0 Å². The highest BCUT2D eigenvalue weighted by atomic mass is 19.1. The standard InChI is InChI=1S/C24H31F2N5O/c1-3-20(4-2)28-24(32)23-21-13-18(6-7-22(21)29-30-23)19-12-17(14-27-15-19)16-31(11-9-26)10-5-8-25/h6-7,12-15,20H,3-5,8-11,16H2,1-2H3,(H,28,32)(H,29,30). The molecule has 32 heavy (non-hydrogen) atoms. The Labute approximate surface area is 187 Å². The van der Waals surface area contributed by atoms with Gasteiger partial charge in [0.15, 0.2) is 5.69 Å². The Balaban J connectivity index is 1.85. The molecule has 0 atom stereocenters. The average molecular weight is 444 g/mol. The smallest absolute Gasteiger partial charge is 0.272 e. The summed E-state index contributed by atoms with van der Waals surface area (Å²) in [4.78, 5) is 19.0. The summed E-state index contributed by atoms with van der Waals surface area (Å²) in [6.07, 6.45) is 5.61. The fourth-order valence-electron chi connectivity index (χ4n) is 3.78. The Hall–Kier alpha value is -2.87. The predicted octanol–water partition coefficient (Wildman–Crippen LogP) is 4.67. The molecule has 0 saturated carbocycles. The summed E-state index contributed by atoms with van der Waals surface area (Å²) in [5, 5.41) is 10.9. The van der Waals surface area contributed by atoms with Gasteiger partial charge in [-0.3, -0.25) is 24.2 Å². The zero-order chi connectivity index (χ0) is 22.9. The molecule has 0 aliphatic carbocycles. The number of aromatic nitrogens is 3. The lowest BCUT2D eigenvalue weighted by atomic mass is 10.0. The van der Waals surface area contributed by atoms with Crippen molar-refractivity contribution in [3.63, 3.8) is 0 Å². The van der Waals surface area contributed by atoms with Crippen LogP contribution in [-0.2, 0) is 6.54 Å². The van der Waals surface area contributed by atoms with Crippen LogP contribution in [0.2, 0.25) is 0 Å². The van der Waals surface area contributed by atoms with Crippen molar-refractivity contribution in [3.05, 3.63) is 47.9 Å². The topological polar surface area (TPSA) is 73.9 Å². The minimum atomic E-state index is -0.474. The highest BCUT2D eigenvalue weighted by Crippen LogP contribution is 2.26. The Morgan fingerprint density at radius 2 is 1.91 bits per heavy atom. The molecule has 0 bridgehead atoms. The van der Waals surface area contributed by atoms with Crippen LogP contribution in [0, 0.1) is 0 Å². The van der Waals surface area contributed by atoms with E-state index >= 15 is 0 Å². The van der Waals surface area contributed by atoms with Crippen molar-refractivity contribution in [2.24, 2.45) is 0 Å². The van der Waals surface area contributed by atoms with E-state index in [0.717, 1.165) is 40.4 Å². The third-order valence-corrected chi connectivity index (χ3v) is 5.64. The molecule has 0 fully saturated rings. The molecular formula is C24H31F2N5O. The minimum Gasteiger partial charge on any atom is -0.348 e. The van der Waals surface area contributed by atoms with E-state index < -0.39 is 13.3 Å². The highest BCUT2D eigenvalue weighted by molar-refractivity contribution is 6.05. The number of alkyl halides is 2. The summed E-state index contributed by atoms with van der Waals surface area (Å²) < 4.78 is 25.4. The number of benzene rings is 1. The maximum absolute atomic E-state index is 12.9. The van der Waals surface area contributed by atoms with Crippen LogP contribution in [0.3, 0.4) is 0 Å². The number of carbonyl (C=O) groups is 1.